The van der Waals surface area contributed by atoms with E-state index in [2.05, 4.69) is 37.8 Å². The van der Waals surface area contributed by atoms with Gasteiger partial charge in [-0.05, 0) is 26.0 Å². The molecule has 2 N–H and O–H groups in total. The SMILES string of the molecule is CCN(CC(C(N)=S)c1ccccc1)C(C)C. The topological polar surface area (TPSA) is 29.3 Å². The summed E-state index contributed by atoms with van der Waals surface area (Å²) in [6, 6.07) is 10.8. The Kier molecular flexibility index (Phi) is 5.59. The van der Waals surface area contributed by atoms with Crippen LogP contribution in [0.4, 0.5) is 0 Å². The first-order valence-electron chi connectivity index (χ1n) is 6.14. The highest BCUT2D eigenvalue weighted by atomic mass is 32.1. The van der Waals surface area contributed by atoms with Crippen molar-refractivity contribution in [1.29, 1.82) is 0 Å². The molecular formula is C14H22N2S. The first kappa shape index (κ1) is 14.1. The lowest BCUT2D eigenvalue weighted by Gasteiger charge is -2.29. The maximum absolute atomic E-state index is 5.88. The van der Waals surface area contributed by atoms with Crippen LogP contribution in [-0.4, -0.2) is 29.0 Å². The van der Waals surface area contributed by atoms with Crippen LogP contribution < -0.4 is 5.73 Å². The summed E-state index contributed by atoms with van der Waals surface area (Å²) in [7, 11) is 0. The van der Waals surface area contributed by atoms with Crippen LogP contribution in [0.1, 0.15) is 32.3 Å². The second-order valence-corrected chi connectivity index (χ2v) is 5.02. The van der Waals surface area contributed by atoms with Gasteiger partial charge in [-0.15, -0.1) is 0 Å². The third-order valence-electron chi connectivity index (χ3n) is 3.10. The van der Waals surface area contributed by atoms with E-state index in [-0.39, 0.29) is 5.92 Å². The Labute approximate surface area is 110 Å². The lowest BCUT2D eigenvalue weighted by molar-refractivity contribution is 0.231. The van der Waals surface area contributed by atoms with Crippen LogP contribution in [0.2, 0.25) is 0 Å². The quantitative estimate of drug-likeness (QED) is 0.787. The molecule has 1 atom stereocenters. The molecule has 2 nitrogen and oxygen atoms in total. The van der Waals surface area contributed by atoms with Gasteiger partial charge in [0.05, 0.1) is 4.99 Å². The molecule has 1 unspecified atom stereocenters. The summed E-state index contributed by atoms with van der Waals surface area (Å²) in [5.41, 5.74) is 7.08. The van der Waals surface area contributed by atoms with E-state index in [1.54, 1.807) is 0 Å². The monoisotopic (exact) mass is 250 g/mol. The fourth-order valence-electron chi connectivity index (χ4n) is 1.98. The number of thiocarbonyl (C=S) groups is 1. The van der Waals surface area contributed by atoms with E-state index < -0.39 is 0 Å². The number of hydrogen-bond acceptors (Lipinski definition) is 2. The molecule has 17 heavy (non-hydrogen) atoms. The van der Waals surface area contributed by atoms with Gasteiger partial charge in [0.1, 0.15) is 0 Å². The van der Waals surface area contributed by atoms with Crippen molar-refractivity contribution in [2.24, 2.45) is 5.73 Å². The predicted octanol–water partition coefficient (Wildman–Crippen LogP) is 2.79. The average molecular weight is 250 g/mol. The summed E-state index contributed by atoms with van der Waals surface area (Å²) < 4.78 is 0. The summed E-state index contributed by atoms with van der Waals surface area (Å²) >= 11 is 5.20. The second kappa shape index (κ2) is 6.72. The zero-order valence-electron chi connectivity index (χ0n) is 10.9. The van der Waals surface area contributed by atoms with E-state index in [1.165, 1.54) is 5.56 Å². The van der Waals surface area contributed by atoms with Gasteiger partial charge in [-0.1, -0.05) is 49.5 Å². The van der Waals surface area contributed by atoms with Crippen molar-refractivity contribution in [2.75, 3.05) is 13.1 Å². The largest absolute Gasteiger partial charge is 0.393 e. The normalized spacial score (nSPS) is 13.0. The van der Waals surface area contributed by atoms with Crippen LogP contribution in [0.25, 0.3) is 0 Å². The minimum Gasteiger partial charge on any atom is -0.393 e. The molecule has 1 aromatic rings. The number of rotatable bonds is 6. The van der Waals surface area contributed by atoms with Gasteiger partial charge in [-0.3, -0.25) is 0 Å². The van der Waals surface area contributed by atoms with Crippen molar-refractivity contribution in [3.63, 3.8) is 0 Å². The van der Waals surface area contributed by atoms with Crippen LogP contribution in [0.3, 0.4) is 0 Å². The molecule has 0 aliphatic heterocycles. The molecule has 1 aromatic carbocycles. The maximum Gasteiger partial charge on any atom is 0.0816 e. The van der Waals surface area contributed by atoms with Gasteiger partial charge in [-0.25, -0.2) is 0 Å². The second-order valence-electron chi connectivity index (χ2n) is 4.55. The van der Waals surface area contributed by atoms with E-state index in [9.17, 15) is 0 Å². The van der Waals surface area contributed by atoms with E-state index >= 15 is 0 Å². The molecule has 0 amide bonds. The number of nitrogens with zero attached hydrogens (tertiary/aromatic N) is 1. The summed E-state index contributed by atoms with van der Waals surface area (Å²) in [5.74, 6) is 0.147. The van der Waals surface area contributed by atoms with Gasteiger partial charge in [0.25, 0.3) is 0 Å². The zero-order chi connectivity index (χ0) is 12.8. The van der Waals surface area contributed by atoms with Crippen molar-refractivity contribution >= 4 is 17.2 Å². The minimum atomic E-state index is 0.147. The van der Waals surface area contributed by atoms with Crippen molar-refractivity contribution in [2.45, 2.75) is 32.7 Å². The average Bonchev–Trinajstić information content (AvgIpc) is 2.30. The number of likely N-dealkylation sites (N-methyl/N-ethyl adjacent to an activating group) is 1. The standard InChI is InChI=1S/C14H22N2S/c1-4-16(11(2)3)10-13(14(15)17)12-8-6-5-7-9-12/h5-9,11,13H,4,10H2,1-3H3,(H2,15,17). The Morgan fingerprint density at radius 3 is 2.29 bits per heavy atom. The van der Waals surface area contributed by atoms with Gasteiger partial charge < -0.3 is 10.6 Å². The molecule has 94 valence electrons. The van der Waals surface area contributed by atoms with E-state index in [4.69, 9.17) is 18.0 Å². The number of hydrogen-bond donors (Lipinski definition) is 1. The van der Waals surface area contributed by atoms with Crippen LogP contribution in [0.15, 0.2) is 30.3 Å². The molecule has 0 fully saturated rings. The molecule has 3 heteroatoms. The molecule has 0 heterocycles. The van der Waals surface area contributed by atoms with Gasteiger partial charge in [0, 0.05) is 18.5 Å². The van der Waals surface area contributed by atoms with Gasteiger partial charge in [0.2, 0.25) is 0 Å². The number of benzene rings is 1. The molecule has 0 saturated heterocycles. The molecule has 0 spiro atoms. The van der Waals surface area contributed by atoms with E-state index in [1.807, 2.05) is 18.2 Å². The lowest BCUT2D eigenvalue weighted by atomic mass is 9.98. The molecule has 0 radical (unpaired) electrons. The first-order valence-corrected chi connectivity index (χ1v) is 6.55. The van der Waals surface area contributed by atoms with Crippen LogP contribution in [-0.2, 0) is 0 Å². The van der Waals surface area contributed by atoms with Gasteiger partial charge in [-0.2, -0.15) is 0 Å². The molecule has 1 rings (SSSR count). The fraction of sp³-hybridized carbons (Fsp3) is 0.500. The summed E-state index contributed by atoms with van der Waals surface area (Å²) in [6.45, 7) is 8.48. The van der Waals surface area contributed by atoms with E-state index in [0.717, 1.165) is 13.1 Å². The summed E-state index contributed by atoms with van der Waals surface area (Å²) in [4.78, 5) is 2.96. The predicted molar refractivity (Wildman–Crippen MR) is 78.4 cm³/mol. The number of nitrogens with two attached hydrogens (primary N) is 1. The minimum absolute atomic E-state index is 0.147. The Bertz CT molecular complexity index is 348. The molecule has 0 aromatic heterocycles. The third kappa shape index (κ3) is 4.10. The third-order valence-corrected chi connectivity index (χ3v) is 3.38. The lowest BCUT2D eigenvalue weighted by Crippen LogP contribution is -2.38. The highest BCUT2D eigenvalue weighted by molar-refractivity contribution is 7.80. The molecule has 0 aliphatic carbocycles. The first-order chi connectivity index (χ1) is 8.06. The zero-order valence-corrected chi connectivity index (χ0v) is 11.7. The highest BCUT2D eigenvalue weighted by Gasteiger charge is 2.19. The Hall–Kier alpha value is -0.930. The summed E-state index contributed by atoms with van der Waals surface area (Å²) in [5, 5.41) is 0. The Morgan fingerprint density at radius 1 is 1.29 bits per heavy atom. The molecule has 0 aliphatic rings. The van der Waals surface area contributed by atoms with Crippen molar-refractivity contribution < 1.29 is 0 Å². The molecule has 0 bridgehead atoms. The van der Waals surface area contributed by atoms with Crippen molar-refractivity contribution in [3.05, 3.63) is 35.9 Å². The Balaban J connectivity index is 2.84. The summed E-state index contributed by atoms with van der Waals surface area (Å²) in [6.07, 6.45) is 0. The Morgan fingerprint density at radius 2 is 1.88 bits per heavy atom. The molecule has 0 saturated carbocycles. The van der Waals surface area contributed by atoms with Crippen molar-refractivity contribution in [1.82, 2.24) is 4.90 Å². The van der Waals surface area contributed by atoms with Crippen LogP contribution in [0.5, 0.6) is 0 Å². The van der Waals surface area contributed by atoms with Gasteiger partial charge in [0.15, 0.2) is 0 Å². The molecular weight excluding hydrogens is 228 g/mol. The van der Waals surface area contributed by atoms with Crippen LogP contribution >= 0.6 is 12.2 Å². The van der Waals surface area contributed by atoms with Gasteiger partial charge >= 0.3 is 0 Å². The maximum atomic E-state index is 5.88. The van der Waals surface area contributed by atoms with Crippen LogP contribution in [0, 0.1) is 0 Å². The highest BCUT2D eigenvalue weighted by Crippen LogP contribution is 2.18. The fourth-order valence-corrected chi connectivity index (χ4v) is 2.20. The van der Waals surface area contributed by atoms with E-state index in [0.29, 0.717) is 11.0 Å². The van der Waals surface area contributed by atoms with Crippen molar-refractivity contribution in [3.8, 4) is 0 Å². The smallest absolute Gasteiger partial charge is 0.0816 e.